The number of esters is 3. The van der Waals surface area contributed by atoms with Crippen molar-refractivity contribution in [2.75, 3.05) is 7.11 Å². The third kappa shape index (κ3) is 10.4. The van der Waals surface area contributed by atoms with Crippen molar-refractivity contribution in [3.05, 3.63) is 202 Å². The summed E-state index contributed by atoms with van der Waals surface area (Å²) in [5.41, 5.74) is 5.74. The van der Waals surface area contributed by atoms with E-state index in [-0.39, 0.29) is 23.2 Å². The summed E-state index contributed by atoms with van der Waals surface area (Å²) < 4.78 is 33.9. The number of hydrogen-bond acceptors (Lipinski definition) is 10. The highest BCUT2D eigenvalue weighted by Gasteiger charge is 2.16. The van der Waals surface area contributed by atoms with Crippen LogP contribution in [0.25, 0.3) is 0 Å². The average Bonchev–Trinajstić information content (AvgIpc) is 3.28. The Balaban J connectivity index is 0.869. The van der Waals surface area contributed by atoms with E-state index in [0.717, 1.165) is 22.4 Å². The van der Waals surface area contributed by atoms with Gasteiger partial charge in [-0.25, -0.2) is 14.4 Å². The Bertz CT molecular complexity index is 2720. The minimum atomic E-state index is -0.590. The normalized spacial score (nSPS) is 11.2. The molecule has 0 aromatic heterocycles. The number of ketones is 1. The lowest BCUT2D eigenvalue weighted by Crippen LogP contribution is -2.09. The van der Waals surface area contributed by atoms with E-state index in [2.05, 4.69) is 19.1 Å². The van der Waals surface area contributed by atoms with Crippen LogP contribution in [0.2, 0.25) is 0 Å². The van der Waals surface area contributed by atoms with Gasteiger partial charge in [0.15, 0.2) is 5.78 Å². The summed E-state index contributed by atoms with van der Waals surface area (Å²) in [5, 5.41) is 0. The van der Waals surface area contributed by atoms with Crippen LogP contribution in [0.5, 0.6) is 46.0 Å². The Hall–Kier alpha value is -7.98. The van der Waals surface area contributed by atoms with Gasteiger partial charge in [-0.15, -0.1) is 0 Å². The zero-order valence-corrected chi connectivity index (χ0v) is 34.7. The summed E-state index contributed by atoms with van der Waals surface area (Å²) in [4.78, 5) is 50.2. The number of carbonyl (C=O) groups is 4. The first-order valence-electron chi connectivity index (χ1n) is 19.7. The van der Waals surface area contributed by atoms with E-state index in [0.29, 0.717) is 51.0 Å². The largest absolute Gasteiger partial charge is 0.496 e. The van der Waals surface area contributed by atoms with Crippen molar-refractivity contribution in [2.24, 2.45) is 0 Å². The van der Waals surface area contributed by atoms with Gasteiger partial charge in [-0.1, -0.05) is 31.2 Å². The second-order valence-electron chi connectivity index (χ2n) is 14.5. The summed E-state index contributed by atoms with van der Waals surface area (Å²) in [6.45, 7) is 7.58. The fourth-order valence-corrected chi connectivity index (χ4v) is 6.49. The summed E-state index contributed by atoms with van der Waals surface area (Å²) >= 11 is 0. The van der Waals surface area contributed by atoms with E-state index < -0.39 is 17.9 Å². The molecular weight excluding hydrogens is 785 g/mol. The molecular formula is C52H42O10. The van der Waals surface area contributed by atoms with Crippen molar-refractivity contribution < 1.29 is 47.6 Å². The zero-order chi connectivity index (χ0) is 43.8. The molecule has 0 aliphatic rings. The fraction of sp³-hybridized carbons (Fsp3) is 0.115. The highest BCUT2D eigenvalue weighted by Crippen LogP contribution is 2.32. The molecule has 310 valence electrons. The molecule has 0 aliphatic carbocycles. The fourth-order valence-electron chi connectivity index (χ4n) is 6.49. The molecule has 0 saturated heterocycles. The van der Waals surface area contributed by atoms with Gasteiger partial charge in [0.1, 0.15) is 46.0 Å². The number of benzene rings is 7. The molecule has 0 spiro atoms. The third-order valence-corrected chi connectivity index (χ3v) is 10.1. The van der Waals surface area contributed by atoms with Crippen molar-refractivity contribution >= 4 is 23.7 Å². The number of Topliss-reactive ketones (excluding diaryl/α,β-unsaturated/α-hetero) is 1. The van der Waals surface area contributed by atoms with Crippen LogP contribution < -0.4 is 28.4 Å². The van der Waals surface area contributed by atoms with E-state index in [1.807, 2.05) is 38.1 Å². The molecule has 0 amide bonds. The van der Waals surface area contributed by atoms with Crippen molar-refractivity contribution in [3.63, 3.8) is 0 Å². The smallest absolute Gasteiger partial charge is 0.343 e. The van der Waals surface area contributed by atoms with Crippen molar-refractivity contribution in [3.8, 4) is 46.0 Å². The third-order valence-electron chi connectivity index (χ3n) is 10.1. The summed E-state index contributed by atoms with van der Waals surface area (Å²) in [7, 11) is 1.66. The van der Waals surface area contributed by atoms with Crippen LogP contribution in [-0.2, 0) is 0 Å². The van der Waals surface area contributed by atoms with Gasteiger partial charge in [0.25, 0.3) is 0 Å². The average molecular weight is 827 g/mol. The van der Waals surface area contributed by atoms with Crippen LogP contribution >= 0.6 is 0 Å². The molecule has 1 atom stereocenters. The number of methoxy groups -OCH3 is 1. The first-order chi connectivity index (χ1) is 29.9. The van der Waals surface area contributed by atoms with Crippen LogP contribution in [0.4, 0.5) is 0 Å². The van der Waals surface area contributed by atoms with Crippen LogP contribution in [0.15, 0.2) is 158 Å². The molecule has 7 aromatic rings. The van der Waals surface area contributed by atoms with E-state index >= 15 is 0 Å². The first kappa shape index (κ1) is 42.2. The Morgan fingerprint density at radius 3 is 1.06 bits per heavy atom. The lowest BCUT2D eigenvalue weighted by molar-refractivity contribution is 0.0719. The van der Waals surface area contributed by atoms with E-state index in [1.54, 1.807) is 104 Å². The molecule has 0 saturated carbocycles. The molecule has 0 bridgehead atoms. The molecule has 1 unspecified atom stereocenters. The Morgan fingerprint density at radius 2 is 0.726 bits per heavy atom. The molecule has 0 radical (unpaired) electrons. The molecule has 0 fully saturated rings. The monoisotopic (exact) mass is 826 g/mol. The van der Waals surface area contributed by atoms with Gasteiger partial charge < -0.3 is 28.4 Å². The maximum absolute atomic E-state index is 13.0. The van der Waals surface area contributed by atoms with E-state index in [4.69, 9.17) is 28.4 Å². The molecule has 7 aromatic carbocycles. The van der Waals surface area contributed by atoms with Crippen LogP contribution in [0.1, 0.15) is 83.5 Å². The predicted octanol–water partition coefficient (Wildman–Crippen LogP) is 11.9. The second-order valence-corrected chi connectivity index (χ2v) is 14.5. The highest BCUT2D eigenvalue weighted by atomic mass is 16.5. The SMILES string of the molecule is COc1ccc(C(C)c2ccc(OC(=O)c3ccc(Oc4ccc(C(=O)Oc5ccc(OC(=O)c6ccc(Oc7ccc(C(C)=O)cc7)cc6)cc5)cc4)cc3)c(C)c2)cc1C. The van der Waals surface area contributed by atoms with Gasteiger partial charge in [0.2, 0.25) is 0 Å². The Morgan fingerprint density at radius 1 is 0.403 bits per heavy atom. The van der Waals surface area contributed by atoms with Gasteiger partial charge in [-0.05, 0) is 176 Å². The van der Waals surface area contributed by atoms with Crippen molar-refractivity contribution in [2.45, 2.75) is 33.6 Å². The van der Waals surface area contributed by atoms with Gasteiger partial charge in [-0.3, -0.25) is 4.79 Å². The molecule has 7 rings (SSSR count). The zero-order valence-electron chi connectivity index (χ0n) is 34.7. The number of hydrogen-bond donors (Lipinski definition) is 0. The second kappa shape index (κ2) is 18.9. The quantitative estimate of drug-likeness (QED) is 0.0594. The van der Waals surface area contributed by atoms with E-state index in [1.165, 1.54) is 36.8 Å². The lowest BCUT2D eigenvalue weighted by Gasteiger charge is -2.16. The van der Waals surface area contributed by atoms with Gasteiger partial charge in [0, 0.05) is 11.5 Å². The molecule has 10 nitrogen and oxygen atoms in total. The van der Waals surface area contributed by atoms with Crippen LogP contribution in [0.3, 0.4) is 0 Å². The van der Waals surface area contributed by atoms with Crippen molar-refractivity contribution in [1.29, 1.82) is 0 Å². The van der Waals surface area contributed by atoms with E-state index in [9.17, 15) is 19.2 Å². The first-order valence-corrected chi connectivity index (χ1v) is 19.7. The summed E-state index contributed by atoms with van der Waals surface area (Å²) in [6, 6.07) is 44.3. The number of aryl methyl sites for hydroxylation is 2. The standard InChI is InChI=1S/C52H42O10/c1-32-30-40(14-28-48(32)57-5)34(3)41-15-29-49(33(2)31-41)62-52(56)39-12-22-45(23-13-39)59-44-20-10-38(11-21-44)51(55)61-47-26-24-46(25-27-47)60-50(54)37-8-18-43(19-9-37)58-42-16-6-36(7-17-42)35(4)53/h6-31,34H,1-5H3. The minimum Gasteiger partial charge on any atom is -0.496 e. The Labute approximate surface area is 359 Å². The number of carbonyl (C=O) groups excluding carboxylic acids is 4. The molecule has 0 heterocycles. The summed E-state index contributed by atoms with van der Waals surface area (Å²) in [5.74, 6) is 2.32. The van der Waals surface area contributed by atoms with Crippen LogP contribution in [0, 0.1) is 13.8 Å². The number of rotatable bonds is 14. The summed E-state index contributed by atoms with van der Waals surface area (Å²) in [6.07, 6.45) is 0. The van der Waals surface area contributed by atoms with Gasteiger partial charge >= 0.3 is 17.9 Å². The van der Waals surface area contributed by atoms with Gasteiger partial charge in [-0.2, -0.15) is 0 Å². The highest BCUT2D eigenvalue weighted by molar-refractivity contribution is 5.94. The lowest BCUT2D eigenvalue weighted by atomic mass is 9.91. The van der Waals surface area contributed by atoms with Crippen molar-refractivity contribution in [1.82, 2.24) is 0 Å². The molecule has 10 heteroatoms. The Kier molecular flexibility index (Phi) is 12.9. The molecule has 0 aliphatic heterocycles. The van der Waals surface area contributed by atoms with Gasteiger partial charge in [0.05, 0.1) is 23.8 Å². The number of ether oxygens (including phenoxy) is 6. The molecule has 0 N–H and O–H groups in total. The predicted molar refractivity (Wildman–Crippen MR) is 234 cm³/mol. The van der Waals surface area contributed by atoms with Crippen LogP contribution in [-0.4, -0.2) is 30.8 Å². The maximum atomic E-state index is 13.0. The molecule has 62 heavy (non-hydrogen) atoms. The topological polar surface area (TPSA) is 124 Å². The maximum Gasteiger partial charge on any atom is 0.343 e. The minimum absolute atomic E-state index is 0.0335.